The molecule has 9 heteroatoms. The summed E-state index contributed by atoms with van der Waals surface area (Å²) in [4.78, 5) is 24.2. The minimum Gasteiger partial charge on any atom is -0.366 e. The molecule has 3 rings (SSSR count). The lowest BCUT2D eigenvalue weighted by Gasteiger charge is -2.19. The standard InChI is InChI=1S/C23H27N5O2S2/c1-6-12-28-19(15-7-9-16(10-8-15)23(3,4)5)26-27-22(28)32-14(2)20(30)25-21-17(18(24)29)11-13-31-21/h6-11,13-14H,1,12H2,2-5H3,(H2,24,29)(H,25,30). The summed E-state index contributed by atoms with van der Waals surface area (Å²) in [5.41, 5.74) is 7.91. The van der Waals surface area contributed by atoms with Crippen molar-refractivity contribution in [2.75, 3.05) is 5.32 Å². The Labute approximate surface area is 196 Å². The number of allylic oxidation sites excluding steroid dienone is 1. The number of primary amides is 1. The molecular weight excluding hydrogens is 442 g/mol. The normalized spacial score (nSPS) is 12.4. The maximum absolute atomic E-state index is 12.7. The van der Waals surface area contributed by atoms with Crippen LogP contribution in [0.25, 0.3) is 11.4 Å². The van der Waals surface area contributed by atoms with E-state index in [9.17, 15) is 9.59 Å². The van der Waals surface area contributed by atoms with Crippen molar-refractivity contribution in [2.24, 2.45) is 5.73 Å². The van der Waals surface area contributed by atoms with Gasteiger partial charge in [-0.25, -0.2) is 0 Å². The van der Waals surface area contributed by atoms with Gasteiger partial charge in [0.2, 0.25) is 5.91 Å². The fourth-order valence-corrected chi connectivity index (χ4v) is 4.68. The fourth-order valence-electron chi connectivity index (χ4n) is 3.03. The van der Waals surface area contributed by atoms with Gasteiger partial charge in [-0.05, 0) is 29.3 Å². The van der Waals surface area contributed by atoms with Crippen molar-refractivity contribution in [1.29, 1.82) is 0 Å². The molecule has 168 valence electrons. The molecule has 2 aromatic heterocycles. The minimum absolute atomic E-state index is 0.0636. The number of aromatic nitrogens is 3. The SMILES string of the molecule is C=CCn1c(SC(C)C(=O)Nc2sccc2C(N)=O)nnc1-c1ccc(C(C)(C)C)cc1. The summed E-state index contributed by atoms with van der Waals surface area (Å²) in [5, 5.41) is 13.8. The van der Waals surface area contributed by atoms with Gasteiger partial charge in [0.05, 0.1) is 10.8 Å². The fraction of sp³-hybridized carbons (Fsp3) is 0.304. The van der Waals surface area contributed by atoms with Crippen LogP contribution in [0.3, 0.4) is 0 Å². The maximum atomic E-state index is 12.7. The Morgan fingerprint density at radius 2 is 1.94 bits per heavy atom. The first-order chi connectivity index (χ1) is 15.1. The van der Waals surface area contributed by atoms with Crippen LogP contribution < -0.4 is 11.1 Å². The number of nitrogens with zero attached hydrogens (tertiary/aromatic N) is 3. The highest BCUT2D eigenvalue weighted by atomic mass is 32.2. The van der Waals surface area contributed by atoms with Crippen LogP contribution in [0.5, 0.6) is 0 Å². The summed E-state index contributed by atoms with van der Waals surface area (Å²) < 4.78 is 1.94. The highest BCUT2D eigenvalue weighted by Gasteiger charge is 2.22. The average molecular weight is 470 g/mol. The lowest BCUT2D eigenvalue weighted by Crippen LogP contribution is -2.24. The number of amides is 2. The molecular formula is C23H27N5O2S2. The summed E-state index contributed by atoms with van der Waals surface area (Å²) in [6.45, 7) is 12.6. The van der Waals surface area contributed by atoms with Gasteiger partial charge in [-0.1, -0.05) is 62.9 Å². The minimum atomic E-state index is -0.574. The molecule has 2 heterocycles. The second kappa shape index (κ2) is 9.70. The molecule has 0 fully saturated rings. The highest BCUT2D eigenvalue weighted by Crippen LogP contribution is 2.30. The van der Waals surface area contributed by atoms with Crippen LogP contribution in [0, 0.1) is 0 Å². The van der Waals surface area contributed by atoms with Gasteiger partial charge in [0.15, 0.2) is 11.0 Å². The van der Waals surface area contributed by atoms with Gasteiger partial charge in [0, 0.05) is 12.1 Å². The molecule has 7 nitrogen and oxygen atoms in total. The van der Waals surface area contributed by atoms with E-state index in [4.69, 9.17) is 5.73 Å². The first kappa shape index (κ1) is 23.7. The zero-order valence-electron chi connectivity index (χ0n) is 18.6. The number of rotatable bonds is 8. The Morgan fingerprint density at radius 3 is 2.53 bits per heavy atom. The zero-order valence-corrected chi connectivity index (χ0v) is 20.2. The topological polar surface area (TPSA) is 103 Å². The van der Waals surface area contributed by atoms with Crippen molar-refractivity contribution in [3.05, 3.63) is 59.5 Å². The van der Waals surface area contributed by atoms with Crippen molar-refractivity contribution in [3.8, 4) is 11.4 Å². The van der Waals surface area contributed by atoms with E-state index < -0.39 is 11.2 Å². The molecule has 0 aliphatic heterocycles. The summed E-state index contributed by atoms with van der Waals surface area (Å²) in [6, 6.07) is 9.87. The smallest absolute Gasteiger partial charge is 0.251 e. The molecule has 3 N–H and O–H groups in total. The van der Waals surface area contributed by atoms with Gasteiger partial charge in [0.25, 0.3) is 5.91 Å². The number of carbonyl (C=O) groups is 2. The average Bonchev–Trinajstić information content (AvgIpc) is 3.35. The lowest BCUT2D eigenvalue weighted by atomic mass is 9.87. The number of thiophene rings is 1. The Balaban J connectivity index is 1.80. The maximum Gasteiger partial charge on any atom is 0.251 e. The molecule has 0 saturated carbocycles. The number of carbonyl (C=O) groups excluding carboxylic acids is 2. The molecule has 1 atom stereocenters. The number of nitrogens with one attached hydrogen (secondary N) is 1. The van der Waals surface area contributed by atoms with Gasteiger partial charge in [-0.3, -0.25) is 14.2 Å². The van der Waals surface area contributed by atoms with Crippen LogP contribution in [0.15, 0.2) is 53.5 Å². The van der Waals surface area contributed by atoms with Gasteiger partial charge in [0.1, 0.15) is 5.00 Å². The first-order valence-corrected chi connectivity index (χ1v) is 11.9. The van der Waals surface area contributed by atoms with E-state index in [0.29, 0.717) is 22.3 Å². The number of hydrogen-bond acceptors (Lipinski definition) is 6. The van der Waals surface area contributed by atoms with Crippen molar-refractivity contribution in [3.63, 3.8) is 0 Å². The molecule has 3 aromatic rings. The van der Waals surface area contributed by atoms with E-state index in [2.05, 4.69) is 55.0 Å². The molecule has 32 heavy (non-hydrogen) atoms. The van der Waals surface area contributed by atoms with Crippen LogP contribution in [-0.4, -0.2) is 31.8 Å². The molecule has 1 unspecified atom stereocenters. The monoisotopic (exact) mass is 469 g/mol. The number of benzene rings is 1. The van der Waals surface area contributed by atoms with Gasteiger partial charge < -0.3 is 11.1 Å². The van der Waals surface area contributed by atoms with E-state index in [0.717, 1.165) is 11.4 Å². The largest absolute Gasteiger partial charge is 0.366 e. The van der Waals surface area contributed by atoms with E-state index >= 15 is 0 Å². The van der Waals surface area contributed by atoms with Crippen LogP contribution in [-0.2, 0) is 16.8 Å². The number of nitrogens with two attached hydrogens (primary N) is 1. The Morgan fingerprint density at radius 1 is 1.25 bits per heavy atom. The van der Waals surface area contributed by atoms with Crippen molar-refractivity contribution >= 4 is 39.9 Å². The van der Waals surface area contributed by atoms with E-state index in [-0.39, 0.29) is 11.3 Å². The summed E-state index contributed by atoms with van der Waals surface area (Å²) in [5.74, 6) is -0.103. The number of anilines is 1. The first-order valence-electron chi connectivity index (χ1n) is 10.1. The second-order valence-corrected chi connectivity index (χ2v) is 10.5. The van der Waals surface area contributed by atoms with Crippen molar-refractivity contribution in [1.82, 2.24) is 14.8 Å². The second-order valence-electron chi connectivity index (χ2n) is 8.31. The Bertz CT molecular complexity index is 1130. The Kier molecular flexibility index (Phi) is 7.20. The quantitative estimate of drug-likeness (QED) is 0.367. The molecule has 0 aliphatic rings. The van der Waals surface area contributed by atoms with Crippen LogP contribution >= 0.6 is 23.1 Å². The molecule has 0 saturated heterocycles. The van der Waals surface area contributed by atoms with E-state index in [1.165, 1.54) is 28.7 Å². The summed E-state index contributed by atoms with van der Waals surface area (Å²) in [7, 11) is 0. The molecule has 0 radical (unpaired) electrons. The summed E-state index contributed by atoms with van der Waals surface area (Å²) >= 11 is 2.55. The molecule has 2 amide bonds. The van der Waals surface area contributed by atoms with Crippen molar-refractivity contribution in [2.45, 2.75) is 50.1 Å². The van der Waals surface area contributed by atoms with Crippen LogP contribution in [0.2, 0.25) is 0 Å². The van der Waals surface area contributed by atoms with Crippen LogP contribution in [0.1, 0.15) is 43.6 Å². The van der Waals surface area contributed by atoms with Gasteiger partial charge in [-0.2, -0.15) is 0 Å². The number of hydrogen-bond donors (Lipinski definition) is 2. The Hall–Kier alpha value is -2.91. The highest BCUT2D eigenvalue weighted by molar-refractivity contribution is 8.00. The summed E-state index contributed by atoms with van der Waals surface area (Å²) in [6.07, 6.45) is 1.77. The van der Waals surface area contributed by atoms with Crippen LogP contribution in [0.4, 0.5) is 5.00 Å². The number of thioether (sulfide) groups is 1. The lowest BCUT2D eigenvalue weighted by molar-refractivity contribution is -0.115. The van der Waals surface area contributed by atoms with Gasteiger partial charge in [-0.15, -0.1) is 28.1 Å². The van der Waals surface area contributed by atoms with Crippen molar-refractivity contribution < 1.29 is 9.59 Å². The molecule has 1 aromatic carbocycles. The third-order valence-corrected chi connectivity index (χ3v) is 6.77. The zero-order chi connectivity index (χ0) is 23.5. The third-order valence-electron chi connectivity index (χ3n) is 4.86. The van der Waals surface area contributed by atoms with E-state index in [1.807, 2.05) is 16.7 Å². The van der Waals surface area contributed by atoms with E-state index in [1.54, 1.807) is 24.4 Å². The predicted molar refractivity (Wildman–Crippen MR) is 131 cm³/mol. The molecule has 0 aliphatic carbocycles. The molecule has 0 bridgehead atoms. The third kappa shape index (κ3) is 5.28. The molecule has 0 spiro atoms. The van der Waals surface area contributed by atoms with Gasteiger partial charge >= 0.3 is 0 Å². The predicted octanol–water partition coefficient (Wildman–Crippen LogP) is 4.71.